The fourth-order valence-electron chi connectivity index (χ4n) is 3.63. The summed E-state index contributed by atoms with van der Waals surface area (Å²) in [7, 11) is 0. The van der Waals surface area contributed by atoms with E-state index in [0.29, 0.717) is 18.7 Å². The number of phenolic OH excluding ortho intramolecular Hbond substituents is 1. The number of amides is 1. The lowest BCUT2D eigenvalue weighted by Crippen LogP contribution is -2.51. The van der Waals surface area contributed by atoms with Crippen LogP contribution >= 0.6 is 0 Å². The van der Waals surface area contributed by atoms with Crippen LogP contribution in [0.15, 0.2) is 24.5 Å². The first kappa shape index (κ1) is 19.2. The normalized spacial score (nSPS) is 18.5. The van der Waals surface area contributed by atoms with Crippen molar-refractivity contribution in [1.29, 1.82) is 0 Å². The highest BCUT2D eigenvalue weighted by Crippen LogP contribution is 2.43. The zero-order chi connectivity index (χ0) is 19.6. The Morgan fingerprint density at radius 3 is 2.78 bits per heavy atom. The number of pyridine rings is 1. The molecule has 0 unspecified atom stereocenters. The Hall–Kier alpha value is -2.56. The van der Waals surface area contributed by atoms with E-state index < -0.39 is 5.60 Å². The number of nitrogens with one attached hydrogen (secondary N) is 1. The lowest BCUT2D eigenvalue weighted by atomic mass is 9.86. The maximum Gasteiger partial charge on any atom is 0.263 e. The Labute approximate surface area is 160 Å². The lowest BCUT2D eigenvalue weighted by Gasteiger charge is -2.36. The highest BCUT2D eigenvalue weighted by atomic mass is 16.5. The van der Waals surface area contributed by atoms with Crippen LogP contribution in [0.5, 0.6) is 11.5 Å². The van der Waals surface area contributed by atoms with Crippen LogP contribution in [0.3, 0.4) is 0 Å². The second-order valence-corrected chi connectivity index (χ2v) is 7.58. The maximum atomic E-state index is 12.8. The molecule has 1 amide bonds. The highest BCUT2D eigenvalue weighted by Gasteiger charge is 2.40. The van der Waals surface area contributed by atoms with Gasteiger partial charge in [-0.3, -0.25) is 9.78 Å². The van der Waals surface area contributed by atoms with Crippen molar-refractivity contribution < 1.29 is 14.6 Å². The van der Waals surface area contributed by atoms with Crippen molar-refractivity contribution >= 4 is 5.91 Å². The van der Waals surface area contributed by atoms with Crippen LogP contribution in [0.2, 0.25) is 0 Å². The van der Waals surface area contributed by atoms with Gasteiger partial charge in [-0.15, -0.1) is 0 Å². The minimum atomic E-state index is -0.887. The molecule has 0 fully saturated rings. The number of fused-ring (bicyclic) bond motifs is 1. The smallest absolute Gasteiger partial charge is 0.263 e. The van der Waals surface area contributed by atoms with E-state index >= 15 is 0 Å². The first-order valence-corrected chi connectivity index (χ1v) is 9.51. The van der Waals surface area contributed by atoms with Crippen LogP contribution in [0, 0.1) is 20.8 Å². The van der Waals surface area contributed by atoms with Crippen molar-refractivity contribution in [1.82, 2.24) is 10.3 Å². The van der Waals surface area contributed by atoms with Gasteiger partial charge < -0.3 is 15.2 Å². The van der Waals surface area contributed by atoms with Crippen LogP contribution < -0.4 is 10.1 Å². The average molecular weight is 368 g/mol. The van der Waals surface area contributed by atoms with Gasteiger partial charge >= 0.3 is 0 Å². The molecule has 2 N–H and O–H groups in total. The number of aromatic hydroxyl groups is 1. The van der Waals surface area contributed by atoms with Gasteiger partial charge in [0.1, 0.15) is 11.5 Å². The molecule has 1 aliphatic rings. The number of aromatic nitrogens is 1. The summed E-state index contributed by atoms with van der Waals surface area (Å²) in [5, 5.41) is 13.3. The maximum absolute atomic E-state index is 12.8. The largest absolute Gasteiger partial charge is 0.507 e. The Balaban J connectivity index is 1.64. The number of nitrogens with zero attached hydrogens (tertiary/aromatic N) is 1. The van der Waals surface area contributed by atoms with Crippen LogP contribution in [0.4, 0.5) is 0 Å². The molecule has 1 atom stereocenters. The molecule has 0 aliphatic carbocycles. The van der Waals surface area contributed by atoms with E-state index in [1.165, 1.54) is 5.56 Å². The Bertz CT molecular complexity index is 849. The summed E-state index contributed by atoms with van der Waals surface area (Å²) in [6.07, 6.45) is 6.66. The number of hydrogen-bond donors (Lipinski definition) is 2. The van der Waals surface area contributed by atoms with E-state index in [4.69, 9.17) is 4.74 Å². The molecule has 0 saturated heterocycles. The number of ether oxygens (including phenoxy) is 1. The summed E-state index contributed by atoms with van der Waals surface area (Å²) in [4.78, 5) is 16.9. The number of aryl methyl sites for hydroxylation is 1. The molecule has 0 bridgehead atoms. The van der Waals surface area contributed by atoms with Crippen molar-refractivity contribution in [2.75, 3.05) is 6.54 Å². The molecule has 1 aliphatic heterocycles. The second kappa shape index (κ2) is 7.59. The summed E-state index contributed by atoms with van der Waals surface area (Å²) in [5.74, 6) is 1.00. The summed E-state index contributed by atoms with van der Waals surface area (Å²) in [6, 6.07) is 3.96. The number of phenols is 1. The Morgan fingerprint density at radius 1 is 1.30 bits per heavy atom. The third kappa shape index (κ3) is 3.77. The number of carbonyl (C=O) groups excluding carboxylic acids is 1. The van der Waals surface area contributed by atoms with Crippen molar-refractivity contribution in [3.05, 3.63) is 52.3 Å². The van der Waals surface area contributed by atoms with Gasteiger partial charge in [0.25, 0.3) is 5.91 Å². The van der Waals surface area contributed by atoms with Gasteiger partial charge in [0.05, 0.1) is 0 Å². The van der Waals surface area contributed by atoms with Crippen LogP contribution in [0.25, 0.3) is 0 Å². The number of rotatable bonds is 5. The molecule has 0 spiro atoms. The van der Waals surface area contributed by atoms with Gasteiger partial charge in [-0.25, -0.2) is 0 Å². The molecule has 0 saturated carbocycles. The van der Waals surface area contributed by atoms with E-state index in [9.17, 15) is 9.90 Å². The van der Waals surface area contributed by atoms with Gasteiger partial charge in [0.15, 0.2) is 5.60 Å². The molecule has 1 aromatic carbocycles. The van der Waals surface area contributed by atoms with Crippen LogP contribution in [-0.4, -0.2) is 28.1 Å². The fourth-order valence-corrected chi connectivity index (χ4v) is 3.63. The van der Waals surface area contributed by atoms with Gasteiger partial charge in [-0.05, 0) is 75.3 Å². The van der Waals surface area contributed by atoms with E-state index in [0.717, 1.165) is 47.3 Å². The molecule has 0 radical (unpaired) electrons. The van der Waals surface area contributed by atoms with Crippen molar-refractivity contribution in [3.8, 4) is 11.5 Å². The minimum absolute atomic E-state index is 0.0814. The van der Waals surface area contributed by atoms with Gasteiger partial charge in [0, 0.05) is 30.9 Å². The number of carbonyl (C=O) groups is 1. The first-order valence-electron chi connectivity index (χ1n) is 9.51. The molecule has 5 heteroatoms. The zero-order valence-corrected chi connectivity index (χ0v) is 16.6. The number of hydrogen-bond acceptors (Lipinski definition) is 4. The number of benzene rings is 1. The molecule has 2 aromatic rings. The second-order valence-electron chi connectivity index (χ2n) is 7.58. The predicted molar refractivity (Wildman–Crippen MR) is 105 cm³/mol. The van der Waals surface area contributed by atoms with Gasteiger partial charge in [-0.2, -0.15) is 0 Å². The van der Waals surface area contributed by atoms with Crippen molar-refractivity contribution in [3.63, 3.8) is 0 Å². The molecule has 144 valence electrons. The Morgan fingerprint density at radius 2 is 2.07 bits per heavy atom. The first-order chi connectivity index (χ1) is 12.8. The summed E-state index contributed by atoms with van der Waals surface area (Å²) < 4.78 is 6.21. The monoisotopic (exact) mass is 368 g/mol. The standard InChI is InChI=1S/C22H28N2O3/c1-14-15(2)20-18(16(3)19(14)25)9-10-22(4,27-20)21(26)24-12-6-8-17-7-5-11-23-13-17/h5,7,11,13,25H,6,8-10,12H2,1-4H3,(H,24,26)/t22-/m0/s1. The summed E-state index contributed by atoms with van der Waals surface area (Å²) in [5.41, 5.74) is 3.87. The zero-order valence-electron chi connectivity index (χ0n) is 16.6. The topological polar surface area (TPSA) is 71.5 Å². The van der Waals surface area contributed by atoms with Crippen LogP contribution in [-0.2, 0) is 17.6 Å². The fraction of sp³-hybridized carbons (Fsp3) is 0.455. The van der Waals surface area contributed by atoms with E-state index in [1.807, 2.05) is 46.0 Å². The summed E-state index contributed by atoms with van der Waals surface area (Å²) >= 11 is 0. The molecule has 5 nitrogen and oxygen atoms in total. The lowest BCUT2D eigenvalue weighted by molar-refractivity contribution is -0.136. The Kier molecular flexibility index (Phi) is 5.40. The predicted octanol–water partition coefficient (Wildman–Crippen LogP) is 3.55. The molecule has 27 heavy (non-hydrogen) atoms. The quantitative estimate of drug-likeness (QED) is 0.792. The minimum Gasteiger partial charge on any atom is -0.507 e. The molecular formula is C22H28N2O3. The molecule has 1 aromatic heterocycles. The van der Waals surface area contributed by atoms with E-state index in [1.54, 1.807) is 6.20 Å². The van der Waals surface area contributed by atoms with E-state index in [-0.39, 0.29) is 5.91 Å². The molecule has 3 rings (SSSR count). The molecular weight excluding hydrogens is 340 g/mol. The van der Waals surface area contributed by atoms with Crippen molar-refractivity contribution in [2.45, 2.75) is 59.0 Å². The highest BCUT2D eigenvalue weighted by molar-refractivity contribution is 5.85. The molecule has 2 heterocycles. The van der Waals surface area contributed by atoms with Crippen molar-refractivity contribution in [2.24, 2.45) is 0 Å². The average Bonchev–Trinajstić information content (AvgIpc) is 2.68. The van der Waals surface area contributed by atoms with Gasteiger partial charge in [-0.1, -0.05) is 6.07 Å². The van der Waals surface area contributed by atoms with Crippen LogP contribution in [0.1, 0.15) is 47.6 Å². The third-order valence-corrected chi connectivity index (χ3v) is 5.65. The third-order valence-electron chi connectivity index (χ3n) is 5.65. The SMILES string of the molecule is Cc1c(C)c2c(c(C)c1O)CC[C@@](C)(C(=O)NCCCc1cccnc1)O2. The summed E-state index contributed by atoms with van der Waals surface area (Å²) in [6.45, 7) is 8.18. The van der Waals surface area contributed by atoms with E-state index in [2.05, 4.69) is 10.3 Å². The van der Waals surface area contributed by atoms with Gasteiger partial charge in [0.2, 0.25) is 0 Å².